The van der Waals surface area contributed by atoms with E-state index in [1.54, 1.807) is 18.5 Å². The third-order valence-corrected chi connectivity index (χ3v) is 5.22. The normalized spacial score (nSPS) is 16.0. The van der Waals surface area contributed by atoms with Crippen molar-refractivity contribution in [2.75, 3.05) is 31.1 Å². The number of piperazine rings is 1. The van der Waals surface area contributed by atoms with Gasteiger partial charge in [-0.25, -0.2) is 14.4 Å². The van der Waals surface area contributed by atoms with Crippen molar-refractivity contribution in [1.29, 1.82) is 0 Å². The Bertz CT molecular complexity index is 1080. The van der Waals surface area contributed by atoms with Crippen molar-refractivity contribution in [3.05, 3.63) is 54.2 Å². The number of aliphatic carboxylic acids is 2. The van der Waals surface area contributed by atoms with Gasteiger partial charge < -0.3 is 19.7 Å². The molecule has 0 aliphatic carbocycles. The molecule has 30 heavy (non-hydrogen) atoms. The molecule has 0 spiro atoms. The molecule has 2 aromatic heterocycles. The number of hydrogen-bond acceptors (Lipinski definition) is 6. The van der Waals surface area contributed by atoms with Gasteiger partial charge in [-0.2, -0.15) is 0 Å². The Morgan fingerprint density at radius 2 is 1.80 bits per heavy atom. The predicted octanol–water partition coefficient (Wildman–Crippen LogP) is 1.60. The lowest BCUT2D eigenvalue weighted by Gasteiger charge is -2.37. The first-order valence-electron chi connectivity index (χ1n) is 9.43. The number of aromatic nitrogens is 3. The first-order chi connectivity index (χ1) is 14.4. The number of carboxylic acids is 2. The maximum absolute atomic E-state index is 13.8. The van der Waals surface area contributed by atoms with E-state index in [1.165, 1.54) is 29.0 Å². The molecule has 0 saturated carbocycles. The second-order valence-electron chi connectivity index (χ2n) is 7.08. The van der Waals surface area contributed by atoms with Crippen LogP contribution in [0.15, 0.2) is 42.9 Å². The van der Waals surface area contributed by atoms with Gasteiger partial charge in [-0.3, -0.25) is 14.5 Å². The fraction of sp³-hybridized carbons (Fsp3) is 0.300. The molecule has 1 atom stereocenters. The van der Waals surface area contributed by atoms with Crippen LogP contribution in [0, 0.1) is 5.82 Å². The minimum absolute atomic E-state index is 0.356. The standard InChI is InChI=1S/C20H20FN5O4/c21-13-2-3-14-15(11-26(12-17(27)28)16(14)10-13)18(19(29)30)24-6-8-25(9-7-24)20-22-4-1-5-23-20/h1-5,10-11,18H,6-9,12H2,(H,27,28)(H,29,30)/t18-/m1/s1. The lowest BCUT2D eigenvalue weighted by atomic mass is 10.0. The van der Waals surface area contributed by atoms with Crippen molar-refractivity contribution >= 4 is 28.8 Å². The lowest BCUT2D eigenvalue weighted by Crippen LogP contribution is -2.49. The first kappa shape index (κ1) is 19.8. The van der Waals surface area contributed by atoms with Gasteiger partial charge >= 0.3 is 11.9 Å². The quantitative estimate of drug-likeness (QED) is 0.627. The van der Waals surface area contributed by atoms with Crippen molar-refractivity contribution < 1.29 is 24.2 Å². The van der Waals surface area contributed by atoms with E-state index in [0.717, 1.165) is 0 Å². The number of carboxylic acid groups (broad SMARTS) is 2. The van der Waals surface area contributed by atoms with Gasteiger partial charge in [0.15, 0.2) is 0 Å². The topological polar surface area (TPSA) is 112 Å². The molecule has 1 aliphatic heterocycles. The van der Waals surface area contributed by atoms with Crippen molar-refractivity contribution in [3.8, 4) is 0 Å². The average molecular weight is 413 g/mol. The summed E-state index contributed by atoms with van der Waals surface area (Å²) in [6.45, 7) is 1.64. The fourth-order valence-electron chi connectivity index (χ4n) is 3.91. The summed E-state index contributed by atoms with van der Waals surface area (Å²) >= 11 is 0. The van der Waals surface area contributed by atoms with Gasteiger partial charge in [-0.1, -0.05) is 0 Å². The minimum atomic E-state index is -1.09. The molecule has 10 heteroatoms. The van der Waals surface area contributed by atoms with Crippen LogP contribution in [0.5, 0.6) is 0 Å². The summed E-state index contributed by atoms with van der Waals surface area (Å²) in [7, 11) is 0. The largest absolute Gasteiger partial charge is 0.480 e. The van der Waals surface area contributed by atoms with Crippen LogP contribution in [-0.2, 0) is 16.1 Å². The maximum Gasteiger partial charge on any atom is 0.325 e. The number of anilines is 1. The maximum atomic E-state index is 13.8. The van der Waals surface area contributed by atoms with Crippen LogP contribution in [0.2, 0.25) is 0 Å². The molecule has 1 aliphatic rings. The lowest BCUT2D eigenvalue weighted by molar-refractivity contribution is -0.143. The summed E-state index contributed by atoms with van der Waals surface area (Å²) in [6, 6.07) is 4.73. The Labute approximate surface area is 171 Å². The van der Waals surface area contributed by atoms with Gasteiger partial charge in [-0.05, 0) is 24.3 Å². The Morgan fingerprint density at radius 3 is 2.43 bits per heavy atom. The molecular weight excluding hydrogens is 393 g/mol. The highest BCUT2D eigenvalue weighted by molar-refractivity contribution is 5.90. The molecule has 1 fully saturated rings. The van der Waals surface area contributed by atoms with Crippen LogP contribution in [0.1, 0.15) is 11.6 Å². The third-order valence-electron chi connectivity index (χ3n) is 5.22. The molecule has 4 rings (SSSR count). The van der Waals surface area contributed by atoms with Crippen LogP contribution in [0.3, 0.4) is 0 Å². The highest BCUT2D eigenvalue weighted by Crippen LogP contribution is 2.32. The number of carbonyl (C=O) groups is 2. The molecule has 0 bridgehead atoms. The van der Waals surface area contributed by atoms with E-state index in [4.69, 9.17) is 0 Å². The van der Waals surface area contributed by atoms with E-state index < -0.39 is 23.8 Å². The van der Waals surface area contributed by atoms with Crippen molar-refractivity contribution in [2.24, 2.45) is 0 Å². The van der Waals surface area contributed by atoms with E-state index >= 15 is 0 Å². The highest BCUT2D eigenvalue weighted by Gasteiger charge is 2.33. The molecule has 1 saturated heterocycles. The highest BCUT2D eigenvalue weighted by atomic mass is 19.1. The second-order valence-corrected chi connectivity index (χ2v) is 7.08. The zero-order valence-corrected chi connectivity index (χ0v) is 16.0. The molecule has 156 valence electrons. The summed E-state index contributed by atoms with van der Waals surface area (Å²) in [5.74, 6) is -2.05. The van der Waals surface area contributed by atoms with Gasteiger partial charge in [0.05, 0.1) is 5.52 Å². The SMILES string of the molecule is O=C(O)Cn1cc([C@H](C(=O)O)N2CCN(c3ncccn3)CC2)c2ccc(F)cc21. The molecular formula is C20H20FN5O4. The minimum Gasteiger partial charge on any atom is -0.480 e. The number of fused-ring (bicyclic) bond motifs is 1. The van der Waals surface area contributed by atoms with E-state index in [2.05, 4.69) is 9.97 Å². The Morgan fingerprint density at radius 1 is 1.10 bits per heavy atom. The zero-order valence-electron chi connectivity index (χ0n) is 16.0. The van der Waals surface area contributed by atoms with Crippen molar-refractivity contribution in [2.45, 2.75) is 12.6 Å². The number of hydrogen-bond donors (Lipinski definition) is 2. The van der Waals surface area contributed by atoms with Crippen LogP contribution < -0.4 is 4.90 Å². The van der Waals surface area contributed by atoms with E-state index in [-0.39, 0.29) is 6.54 Å². The monoisotopic (exact) mass is 413 g/mol. The Hall–Kier alpha value is -3.53. The summed E-state index contributed by atoms with van der Waals surface area (Å²) in [5, 5.41) is 19.7. The molecule has 2 N–H and O–H groups in total. The number of rotatable bonds is 6. The van der Waals surface area contributed by atoms with Crippen LogP contribution >= 0.6 is 0 Å². The summed E-state index contributed by atoms with van der Waals surface area (Å²) in [6.07, 6.45) is 4.82. The smallest absolute Gasteiger partial charge is 0.325 e. The summed E-state index contributed by atoms with van der Waals surface area (Å²) in [4.78, 5) is 35.7. The Kier molecular flexibility index (Phi) is 5.32. The molecule has 3 heterocycles. The van der Waals surface area contributed by atoms with Gasteiger partial charge in [0.1, 0.15) is 18.4 Å². The third kappa shape index (κ3) is 3.81. The van der Waals surface area contributed by atoms with Gasteiger partial charge in [0, 0.05) is 55.7 Å². The van der Waals surface area contributed by atoms with Gasteiger partial charge in [0.2, 0.25) is 5.95 Å². The predicted molar refractivity (Wildman–Crippen MR) is 106 cm³/mol. The second kappa shape index (κ2) is 8.07. The van der Waals surface area contributed by atoms with Crippen LogP contribution in [-0.4, -0.2) is 67.8 Å². The van der Waals surface area contributed by atoms with Crippen molar-refractivity contribution in [3.63, 3.8) is 0 Å². The van der Waals surface area contributed by atoms with Gasteiger partial charge in [-0.15, -0.1) is 0 Å². The number of halogens is 1. The molecule has 0 radical (unpaired) electrons. The average Bonchev–Trinajstić information content (AvgIpc) is 3.05. The van der Waals surface area contributed by atoms with E-state index in [9.17, 15) is 24.2 Å². The van der Waals surface area contributed by atoms with Crippen molar-refractivity contribution in [1.82, 2.24) is 19.4 Å². The summed E-state index contributed by atoms with van der Waals surface area (Å²) < 4.78 is 15.2. The van der Waals surface area contributed by atoms with Crippen LogP contribution in [0.25, 0.3) is 10.9 Å². The Balaban J connectivity index is 1.65. The summed E-state index contributed by atoms with van der Waals surface area (Å²) in [5.41, 5.74) is 0.804. The molecule has 0 amide bonds. The molecule has 3 aromatic rings. The number of benzene rings is 1. The number of nitrogens with zero attached hydrogens (tertiary/aromatic N) is 5. The van der Waals surface area contributed by atoms with Gasteiger partial charge in [0.25, 0.3) is 0 Å². The molecule has 1 aromatic carbocycles. The van der Waals surface area contributed by atoms with E-state index in [1.807, 2.05) is 9.80 Å². The van der Waals surface area contributed by atoms with Crippen LogP contribution in [0.4, 0.5) is 10.3 Å². The first-order valence-corrected chi connectivity index (χ1v) is 9.43. The van der Waals surface area contributed by atoms with E-state index in [0.29, 0.717) is 48.6 Å². The fourth-order valence-corrected chi connectivity index (χ4v) is 3.91. The molecule has 9 nitrogen and oxygen atoms in total. The molecule has 0 unspecified atom stereocenters. The zero-order chi connectivity index (χ0) is 21.3.